The van der Waals surface area contributed by atoms with Gasteiger partial charge in [-0.05, 0) is 42.3 Å². The summed E-state index contributed by atoms with van der Waals surface area (Å²) >= 11 is 0. The Labute approximate surface area is 240 Å². The lowest BCUT2D eigenvalue weighted by Crippen LogP contribution is -2.59. The molecule has 42 heavy (non-hydrogen) atoms. The number of oxime groups is 1. The largest absolute Gasteiger partial charge is 0.573 e. The van der Waals surface area contributed by atoms with Crippen LogP contribution in [0.4, 0.5) is 18.9 Å². The van der Waals surface area contributed by atoms with E-state index < -0.39 is 36.9 Å². The lowest BCUT2D eigenvalue weighted by molar-refractivity contribution is -0.305. The Morgan fingerprint density at radius 1 is 0.976 bits per heavy atom. The third kappa shape index (κ3) is 7.18. The van der Waals surface area contributed by atoms with Crippen molar-refractivity contribution < 1.29 is 51.2 Å². The number of carbonyl (C=O) groups is 1. The Balaban J connectivity index is 1.45. The molecule has 2 heterocycles. The average molecular weight is 596 g/mol. The Hall–Kier alpha value is -3.72. The molecule has 2 aliphatic rings. The maximum Gasteiger partial charge on any atom is 0.573 e. The van der Waals surface area contributed by atoms with Crippen molar-refractivity contribution in [2.24, 2.45) is 10.3 Å². The van der Waals surface area contributed by atoms with E-state index in [1.165, 1.54) is 37.6 Å². The summed E-state index contributed by atoms with van der Waals surface area (Å²) in [6.07, 6.45) is -5.55. The SMILES string of the molecule is COC(=O)C1CC(c2ccc(/C=N/O[C@@H]3O[C@@H](C)[C@H](OC)[C@@H](OC)[C@H]3OC)cc2)=NN1c1ccc(OC(F)(F)F)cc1. The van der Waals surface area contributed by atoms with Crippen LogP contribution in [0.1, 0.15) is 24.5 Å². The topological polar surface area (TPSA) is 110 Å². The molecule has 0 bridgehead atoms. The molecule has 1 saturated heterocycles. The molecule has 2 aromatic rings. The number of anilines is 1. The number of methoxy groups -OCH3 is 4. The summed E-state index contributed by atoms with van der Waals surface area (Å²) in [6.45, 7) is 1.85. The molecular weight excluding hydrogens is 563 g/mol. The highest BCUT2D eigenvalue weighted by Crippen LogP contribution is 2.31. The van der Waals surface area contributed by atoms with Crippen LogP contribution in [0.2, 0.25) is 0 Å². The Morgan fingerprint density at radius 3 is 2.19 bits per heavy atom. The highest BCUT2D eigenvalue weighted by molar-refractivity contribution is 6.06. The average Bonchev–Trinajstić information content (AvgIpc) is 3.42. The van der Waals surface area contributed by atoms with Gasteiger partial charge >= 0.3 is 12.3 Å². The van der Waals surface area contributed by atoms with Crippen LogP contribution in [0.3, 0.4) is 0 Å². The Morgan fingerprint density at radius 2 is 1.62 bits per heavy atom. The van der Waals surface area contributed by atoms with Gasteiger partial charge in [0.15, 0.2) is 12.1 Å². The summed E-state index contributed by atoms with van der Waals surface area (Å²) in [6, 6.07) is 11.5. The van der Waals surface area contributed by atoms with Gasteiger partial charge in [-0.25, -0.2) is 4.79 Å². The molecule has 6 atom stereocenters. The number of alkyl halides is 3. The predicted octanol–water partition coefficient (Wildman–Crippen LogP) is 3.88. The lowest BCUT2D eigenvalue weighted by Gasteiger charge is -2.42. The normalized spacial score (nSPS) is 26.3. The van der Waals surface area contributed by atoms with Gasteiger partial charge < -0.3 is 33.3 Å². The third-order valence-corrected chi connectivity index (χ3v) is 6.87. The van der Waals surface area contributed by atoms with Gasteiger partial charge in [0.05, 0.1) is 30.8 Å². The smallest absolute Gasteiger partial charge is 0.467 e. The molecule has 0 N–H and O–H groups in total. The fourth-order valence-corrected chi connectivity index (χ4v) is 4.86. The number of nitrogens with zero attached hydrogens (tertiary/aromatic N) is 3. The fourth-order valence-electron chi connectivity index (χ4n) is 4.86. The second-order valence-corrected chi connectivity index (χ2v) is 9.45. The molecule has 0 radical (unpaired) electrons. The second kappa shape index (κ2) is 13.5. The van der Waals surface area contributed by atoms with E-state index in [-0.39, 0.29) is 24.4 Å². The van der Waals surface area contributed by atoms with E-state index in [2.05, 4.69) is 15.0 Å². The number of hydrazone groups is 1. The molecule has 4 rings (SSSR count). The van der Waals surface area contributed by atoms with Gasteiger partial charge in [-0.1, -0.05) is 29.4 Å². The molecule has 0 saturated carbocycles. The van der Waals surface area contributed by atoms with Crippen LogP contribution in [-0.4, -0.2) is 89.4 Å². The number of carbonyl (C=O) groups excluding carboxylic acids is 1. The first-order valence-corrected chi connectivity index (χ1v) is 12.9. The van der Waals surface area contributed by atoms with E-state index in [9.17, 15) is 18.0 Å². The van der Waals surface area contributed by atoms with Crippen LogP contribution in [0.25, 0.3) is 0 Å². The van der Waals surface area contributed by atoms with Crippen LogP contribution in [-0.2, 0) is 33.3 Å². The molecule has 0 aliphatic carbocycles. The quantitative estimate of drug-likeness (QED) is 0.230. The van der Waals surface area contributed by atoms with Crippen molar-refractivity contribution in [2.75, 3.05) is 33.4 Å². The molecule has 0 amide bonds. The molecular formula is C28H32F3N3O8. The summed E-state index contributed by atoms with van der Waals surface area (Å²) in [7, 11) is 5.92. The molecule has 2 aliphatic heterocycles. The van der Waals surface area contributed by atoms with E-state index in [0.717, 1.165) is 23.3 Å². The number of hydrogen-bond donors (Lipinski definition) is 0. The van der Waals surface area contributed by atoms with Gasteiger partial charge in [-0.2, -0.15) is 5.10 Å². The highest BCUT2D eigenvalue weighted by atomic mass is 19.4. The standard InChI is InChI=1S/C28H32F3N3O8/c1-16-23(36-2)24(37-3)25(38-4)27(40-16)42-32-15-17-6-8-18(9-7-17)21-14-22(26(35)39-5)34(33-21)19-10-12-20(13-11-19)41-28(29,30)31/h6-13,15-16,22-25,27H,14H2,1-5H3/b32-15+/t16-,22?,23-,24+,25+,27-/m0/s1. The Bertz CT molecular complexity index is 1260. The number of rotatable bonds is 10. The first-order chi connectivity index (χ1) is 20.1. The van der Waals surface area contributed by atoms with Crippen molar-refractivity contribution in [1.82, 2.24) is 0 Å². The second-order valence-electron chi connectivity index (χ2n) is 9.45. The van der Waals surface area contributed by atoms with E-state index in [0.29, 0.717) is 11.4 Å². The van der Waals surface area contributed by atoms with Crippen LogP contribution in [0.15, 0.2) is 58.8 Å². The van der Waals surface area contributed by atoms with E-state index >= 15 is 0 Å². The zero-order valence-electron chi connectivity index (χ0n) is 23.6. The zero-order chi connectivity index (χ0) is 30.4. The molecule has 1 unspecified atom stereocenters. The molecule has 0 aromatic heterocycles. The number of ether oxygens (including phenoxy) is 6. The Kier molecular flexibility index (Phi) is 10.0. The number of esters is 1. The molecule has 2 aromatic carbocycles. The number of halogens is 3. The van der Waals surface area contributed by atoms with Crippen molar-refractivity contribution in [1.29, 1.82) is 0 Å². The summed E-state index contributed by atoms with van der Waals surface area (Å²) in [4.78, 5) is 18.1. The van der Waals surface area contributed by atoms with Crippen LogP contribution < -0.4 is 9.75 Å². The molecule has 14 heteroatoms. The minimum Gasteiger partial charge on any atom is -0.467 e. The summed E-state index contributed by atoms with van der Waals surface area (Å²) in [5.74, 6) is -0.920. The maximum absolute atomic E-state index is 12.5. The fraction of sp³-hybridized carbons (Fsp3) is 0.464. The van der Waals surface area contributed by atoms with Crippen molar-refractivity contribution in [3.05, 3.63) is 59.7 Å². The maximum atomic E-state index is 12.5. The zero-order valence-corrected chi connectivity index (χ0v) is 23.6. The minimum absolute atomic E-state index is 0.225. The van der Waals surface area contributed by atoms with Gasteiger partial charge in [0.1, 0.15) is 18.0 Å². The first-order valence-electron chi connectivity index (χ1n) is 12.9. The summed E-state index contributed by atoms with van der Waals surface area (Å²) in [5.41, 5.74) is 2.44. The van der Waals surface area contributed by atoms with Crippen LogP contribution in [0.5, 0.6) is 5.75 Å². The van der Waals surface area contributed by atoms with Crippen molar-refractivity contribution in [3.8, 4) is 5.75 Å². The number of benzene rings is 2. The van der Waals surface area contributed by atoms with Crippen molar-refractivity contribution in [3.63, 3.8) is 0 Å². The molecule has 0 spiro atoms. The third-order valence-electron chi connectivity index (χ3n) is 6.87. The van der Waals surface area contributed by atoms with Gasteiger partial charge in [-0.15, -0.1) is 13.2 Å². The minimum atomic E-state index is -4.81. The van der Waals surface area contributed by atoms with Crippen LogP contribution in [0, 0.1) is 0 Å². The molecule has 1 fully saturated rings. The molecule has 11 nitrogen and oxygen atoms in total. The van der Waals surface area contributed by atoms with Gasteiger partial charge in [-0.3, -0.25) is 5.01 Å². The molecule has 228 valence electrons. The highest BCUT2D eigenvalue weighted by Gasteiger charge is 2.47. The summed E-state index contributed by atoms with van der Waals surface area (Å²) < 4.78 is 68.9. The van der Waals surface area contributed by atoms with Gasteiger partial charge in [0, 0.05) is 27.8 Å². The van der Waals surface area contributed by atoms with Gasteiger partial charge in [0.2, 0.25) is 0 Å². The van der Waals surface area contributed by atoms with Gasteiger partial charge in [0.25, 0.3) is 6.29 Å². The summed E-state index contributed by atoms with van der Waals surface area (Å²) in [5, 5.41) is 10.0. The predicted molar refractivity (Wildman–Crippen MR) is 144 cm³/mol. The van der Waals surface area contributed by atoms with E-state index in [1.807, 2.05) is 6.92 Å². The lowest BCUT2D eigenvalue weighted by atomic mass is 9.99. The first kappa shape index (κ1) is 31.2. The van der Waals surface area contributed by atoms with E-state index in [4.69, 9.17) is 28.5 Å². The van der Waals surface area contributed by atoms with Crippen molar-refractivity contribution >= 4 is 23.6 Å². The number of hydrogen-bond acceptors (Lipinski definition) is 11. The van der Waals surface area contributed by atoms with Crippen LogP contribution >= 0.6 is 0 Å². The monoisotopic (exact) mass is 595 g/mol. The van der Waals surface area contributed by atoms with Crippen molar-refractivity contribution in [2.45, 2.75) is 56.5 Å². The van der Waals surface area contributed by atoms with E-state index in [1.54, 1.807) is 38.5 Å².